The summed E-state index contributed by atoms with van der Waals surface area (Å²) >= 11 is 0. The molecule has 1 saturated heterocycles. The van der Waals surface area contributed by atoms with Gasteiger partial charge >= 0.3 is 0 Å². The Morgan fingerprint density at radius 1 is 1.05 bits per heavy atom. The van der Waals surface area contributed by atoms with E-state index in [0.29, 0.717) is 16.7 Å². The van der Waals surface area contributed by atoms with Crippen molar-refractivity contribution in [1.29, 1.82) is 0 Å². The van der Waals surface area contributed by atoms with Gasteiger partial charge in [-0.3, -0.25) is 19.2 Å². The first-order valence-corrected chi connectivity index (χ1v) is 13.8. The minimum absolute atomic E-state index is 0.0157. The zero-order valence-electron chi connectivity index (χ0n) is 24.3. The fourth-order valence-corrected chi connectivity index (χ4v) is 5.01. The minimum Gasteiger partial charge on any atom is -0.496 e. The van der Waals surface area contributed by atoms with Gasteiger partial charge in [-0.15, -0.1) is 0 Å². The van der Waals surface area contributed by atoms with Crippen molar-refractivity contribution in [1.82, 2.24) is 16.0 Å². The molecule has 44 heavy (non-hydrogen) atoms. The summed E-state index contributed by atoms with van der Waals surface area (Å²) in [5.41, 5.74) is 0.457. The number of hydrogen-bond donors (Lipinski definition) is 3. The molecule has 236 valence electrons. The summed E-state index contributed by atoms with van der Waals surface area (Å²) in [6.07, 6.45) is -1.69. The highest BCUT2D eigenvalue weighted by molar-refractivity contribution is 5.98. The second kappa shape index (κ2) is 13.3. The van der Waals surface area contributed by atoms with Crippen molar-refractivity contribution in [2.75, 3.05) is 13.7 Å². The second-order valence-corrected chi connectivity index (χ2v) is 10.6. The Bertz CT molecular complexity index is 1570. The number of carbonyl (C=O) groups excluding carboxylic acids is 4. The van der Waals surface area contributed by atoms with Crippen molar-refractivity contribution in [3.63, 3.8) is 0 Å². The van der Waals surface area contributed by atoms with Gasteiger partial charge in [-0.05, 0) is 38.8 Å². The molecule has 14 heteroatoms. The summed E-state index contributed by atoms with van der Waals surface area (Å²) in [4.78, 5) is 51.4. The summed E-state index contributed by atoms with van der Waals surface area (Å²) in [5.74, 6) is -12.9. The highest BCUT2D eigenvalue weighted by atomic mass is 19.2. The van der Waals surface area contributed by atoms with Gasteiger partial charge in [0.15, 0.2) is 35.0 Å². The summed E-state index contributed by atoms with van der Waals surface area (Å²) in [6.45, 7) is 4.63. The predicted octanol–water partition coefficient (Wildman–Crippen LogP) is 3.80. The normalized spacial score (nSPS) is 17.4. The van der Waals surface area contributed by atoms with Crippen molar-refractivity contribution >= 4 is 34.5 Å². The van der Waals surface area contributed by atoms with Crippen LogP contribution in [0.25, 0.3) is 11.0 Å². The molecule has 3 aromatic rings. The molecule has 10 nitrogen and oxygen atoms in total. The third kappa shape index (κ3) is 6.79. The molecular formula is C30H31F4N3O7. The largest absolute Gasteiger partial charge is 0.496 e. The number of ether oxygens (including phenoxy) is 2. The number of furan rings is 1. The third-order valence-corrected chi connectivity index (χ3v) is 7.34. The van der Waals surface area contributed by atoms with Crippen LogP contribution < -0.4 is 25.4 Å². The Balaban J connectivity index is 1.40. The average molecular weight is 622 g/mol. The lowest BCUT2D eigenvalue weighted by atomic mass is 9.93. The van der Waals surface area contributed by atoms with E-state index in [9.17, 15) is 36.7 Å². The smallest absolute Gasteiger partial charge is 0.287 e. The quantitative estimate of drug-likeness (QED) is 0.207. The maximum Gasteiger partial charge on any atom is 0.287 e. The molecule has 2 unspecified atom stereocenters. The van der Waals surface area contributed by atoms with Gasteiger partial charge in [0.2, 0.25) is 23.4 Å². The molecule has 1 aromatic heterocycles. The van der Waals surface area contributed by atoms with Gasteiger partial charge in [-0.1, -0.05) is 13.0 Å². The molecule has 4 rings (SSSR count). The number of carbonyl (C=O) groups is 4. The molecule has 1 fully saturated rings. The number of Topliss-reactive ketones (excluding diaryl/α,β-unsaturated/α-hetero) is 1. The molecule has 0 aliphatic carbocycles. The third-order valence-electron chi connectivity index (χ3n) is 7.34. The van der Waals surface area contributed by atoms with Gasteiger partial charge in [-0.25, -0.2) is 8.78 Å². The topological polar surface area (TPSA) is 136 Å². The van der Waals surface area contributed by atoms with E-state index in [4.69, 9.17) is 13.9 Å². The Labute approximate surface area is 249 Å². The van der Waals surface area contributed by atoms with Crippen molar-refractivity contribution in [3.05, 3.63) is 59.4 Å². The van der Waals surface area contributed by atoms with Crippen molar-refractivity contribution in [2.45, 2.75) is 51.8 Å². The maximum atomic E-state index is 14.3. The Hall–Kier alpha value is -4.62. The molecular weight excluding hydrogens is 590 g/mol. The summed E-state index contributed by atoms with van der Waals surface area (Å²) in [6, 6.07) is 4.81. The van der Waals surface area contributed by atoms with E-state index >= 15 is 0 Å². The van der Waals surface area contributed by atoms with E-state index in [-0.39, 0.29) is 31.2 Å². The number of fused-ring (bicyclic) bond motifs is 1. The molecule has 0 bridgehead atoms. The highest BCUT2D eigenvalue weighted by Gasteiger charge is 2.42. The second-order valence-electron chi connectivity index (χ2n) is 10.6. The van der Waals surface area contributed by atoms with Crippen molar-refractivity contribution < 1.29 is 50.6 Å². The molecule has 3 amide bonds. The lowest BCUT2D eigenvalue weighted by Crippen LogP contribution is -2.50. The molecule has 0 spiro atoms. The summed E-state index contributed by atoms with van der Waals surface area (Å²) < 4.78 is 72.3. The molecule has 0 saturated carbocycles. The van der Waals surface area contributed by atoms with Gasteiger partial charge in [0.05, 0.1) is 24.5 Å². The number of hydrogen-bond acceptors (Lipinski definition) is 7. The molecule has 2 heterocycles. The van der Waals surface area contributed by atoms with Crippen LogP contribution in [0.5, 0.6) is 11.5 Å². The maximum absolute atomic E-state index is 14.3. The Morgan fingerprint density at radius 2 is 1.73 bits per heavy atom. The van der Waals surface area contributed by atoms with Gasteiger partial charge in [0, 0.05) is 30.6 Å². The predicted molar refractivity (Wildman–Crippen MR) is 148 cm³/mol. The van der Waals surface area contributed by atoms with E-state index in [2.05, 4.69) is 16.0 Å². The fraction of sp³-hybridized carbons (Fsp3) is 0.400. The van der Waals surface area contributed by atoms with Crippen LogP contribution in [0.4, 0.5) is 17.6 Å². The molecule has 5 atom stereocenters. The van der Waals surface area contributed by atoms with E-state index in [1.54, 1.807) is 38.1 Å². The number of ketones is 1. The van der Waals surface area contributed by atoms with Crippen LogP contribution in [-0.2, 0) is 14.4 Å². The number of methoxy groups -OCH3 is 1. The van der Waals surface area contributed by atoms with Crippen LogP contribution in [-0.4, -0.2) is 55.3 Å². The summed E-state index contributed by atoms with van der Waals surface area (Å²) in [5, 5.41) is 8.30. The molecule has 0 radical (unpaired) electrons. The lowest BCUT2D eigenvalue weighted by Gasteiger charge is -2.26. The number of benzene rings is 2. The first-order chi connectivity index (χ1) is 20.8. The van der Waals surface area contributed by atoms with Gasteiger partial charge in [-0.2, -0.15) is 8.78 Å². The van der Waals surface area contributed by atoms with Crippen LogP contribution >= 0.6 is 0 Å². The van der Waals surface area contributed by atoms with E-state index in [1.165, 1.54) is 14.0 Å². The van der Waals surface area contributed by atoms with Gasteiger partial charge < -0.3 is 29.8 Å². The highest BCUT2D eigenvalue weighted by Crippen LogP contribution is 2.31. The first-order valence-electron chi connectivity index (χ1n) is 13.8. The molecule has 3 N–H and O–H groups in total. The SMILES string of the molecule is COc1cccc2oc(C(=O)NC(C)C[C@H](C)C(=O)NC(C)C(=O)[C@@H](Oc3c(F)c(F)cc(F)c3F)[C@@H]3CCNC3=O)cc12. The molecule has 2 aromatic carbocycles. The Morgan fingerprint density at radius 3 is 2.34 bits per heavy atom. The zero-order chi connectivity index (χ0) is 32.3. The minimum atomic E-state index is -1.87. The standard InChI is InChI=1S/C30H31F4N3O7/c1-13(10-14(2)36-30(41)22-11-17-20(42-4)6-5-7-21(17)43-22)28(39)37-15(3)25(38)26(16-8-9-35-29(16)40)44-27-23(33)18(31)12-19(32)24(27)34/h5-7,11-16,26H,8-10H2,1-4H3,(H,35,40)(H,36,41)(H,37,39)/t13-,14?,15?,16-,26-/m0/s1. The van der Waals surface area contributed by atoms with Gasteiger partial charge in [0.25, 0.3) is 5.91 Å². The number of rotatable bonds is 12. The van der Waals surface area contributed by atoms with E-state index in [0.717, 1.165) is 0 Å². The number of halogens is 4. The number of amides is 3. The summed E-state index contributed by atoms with van der Waals surface area (Å²) in [7, 11) is 1.49. The average Bonchev–Trinajstić information content (AvgIpc) is 3.62. The monoisotopic (exact) mass is 621 g/mol. The van der Waals surface area contributed by atoms with Crippen LogP contribution in [0.1, 0.15) is 44.2 Å². The van der Waals surface area contributed by atoms with Crippen molar-refractivity contribution in [3.8, 4) is 11.5 Å². The first kappa shape index (κ1) is 32.3. The van der Waals surface area contributed by atoms with Crippen LogP contribution in [0.2, 0.25) is 0 Å². The number of nitrogens with one attached hydrogen (secondary N) is 3. The van der Waals surface area contributed by atoms with E-state index < -0.39 is 82.5 Å². The fourth-order valence-electron chi connectivity index (χ4n) is 5.01. The Kier molecular flexibility index (Phi) is 9.80. The lowest BCUT2D eigenvalue weighted by molar-refractivity contribution is -0.138. The van der Waals surface area contributed by atoms with Crippen molar-refractivity contribution in [2.24, 2.45) is 11.8 Å². The van der Waals surface area contributed by atoms with Crippen LogP contribution in [0.3, 0.4) is 0 Å². The molecule has 1 aliphatic rings. The van der Waals surface area contributed by atoms with Crippen LogP contribution in [0.15, 0.2) is 34.7 Å². The van der Waals surface area contributed by atoms with Crippen LogP contribution in [0, 0.1) is 35.1 Å². The zero-order valence-corrected chi connectivity index (χ0v) is 24.3. The van der Waals surface area contributed by atoms with Gasteiger partial charge in [0.1, 0.15) is 11.3 Å². The van der Waals surface area contributed by atoms with E-state index in [1.807, 2.05) is 0 Å². The molecule has 1 aliphatic heterocycles.